The van der Waals surface area contributed by atoms with Crippen LogP contribution in [0, 0.1) is 0 Å². The average molecular weight is 414 g/mol. The summed E-state index contributed by atoms with van der Waals surface area (Å²) in [6.45, 7) is -0.881. The summed E-state index contributed by atoms with van der Waals surface area (Å²) in [7, 11) is 1.45. The van der Waals surface area contributed by atoms with E-state index >= 15 is 0 Å². The van der Waals surface area contributed by atoms with Gasteiger partial charge in [0, 0.05) is 12.6 Å². The van der Waals surface area contributed by atoms with Crippen molar-refractivity contribution in [1.82, 2.24) is 9.97 Å². The van der Waals surface area contributed by atoms with Crippen molar-refractivity contribution in [1.29, 1.82) is 0 Å². The van der Waals surface area contributed by atoms with Gasteiger partial charge in [0.2, 0.25) is 11.1 Å². The van der Waals surface area contributed by atoms with Crippen molar-refractivity contribution in [3.63, 3.8) is 0 Å². The number of hydrogen-bond donors (Lipinski definition) is 1. The molecule has 12 heteroatoms. The molecule has 146 valence electrons. The number of benzene rings is 1. The molecule has 0 fully saturated rings. The molecule has 0 unspecified atom stereocenters. The van der Waals surface area contributed by atoms with Crippen LogP contribution in [-0.2, 0) is 12.4 Å². The molecular formula is C15H10ClF6N3O2. The lowest BCUT2D eigenvalue weighted by Gasteiger charge is -2.16. The number of aromatic nitrogens is 2. The van der Waals surface area contributed by atoms with Gasteiger partial charge in [0.15, 0.2) is 18.2 Å². The molecule has 0 spiro atoms. The molecule has 5 nitrogen and oxygen atoms in total. The van der Waals surface area contributed by atoms with Crippen LogP contribution in [-0.4, -0.2) is 29.4 Å². The van der Waals surface area contributed by atoms with E-state index < -0.39 is 41.4 Å². The summed E-state index contributed by atoms with van der Waals surface area (Å²) in [6, 6.07) is 0.749. The lowest BCUT2D eigenvalue weighted by atomic mass is 10.00. The minimum Gasteiger partial charge on any atom is -0.480 e. The fourth-order valence-electron chi connectivity index (χ4n) is 2.05. The van der Waals surface area contributed by atoms with Crippen molar-refractivity contribution in [2.75, 3.05) is 19.0 Å². The van der Waals surface area contributed by atoms with E-state index in [0.717, 1.165) is 6.20 Å². The van der Waals surface area contributed by atoms with Crippen molar-refractivity contribution in [2.45, 2.75) is 12.4 Å². The van der Waals surface area contributed by atoms with E-state index in [1.54, 1.807) is 0 Å². The third-order valence-corrected chi connectivity index (χ3v) is 3.46. The van der Waals surface area contributed by atoms with Gasteiger partial charge in [-0.15, -0.1) is 0 Å². The number of ketones is 1. The summed E-state index contributed by atoms with van der Waals surface area (Å²) in [5.74, 6) is -1.17. The van der Waals surface area contributed by atoms with Crippen molar-refractivity contribution in [3.8, 4) is 5.75 Å². The van der Waals surface area contributed by atoms with Gasteiger partial charge in [-0.1, -0.05) is 6.07 Å². The van der Waals surface area contributed by atoms with Crippen LogP contribution < -0.4 is 10.1 Å². The van der Waals surface area contributed by atoms with Gasteiger partial charge < -0.3 is 10.1 Å². The predicted molar refractivity (Wildman–Crippen MR) is 82.9 cm³/mol. The molecule has 1 N–H and O–H groups in total. The minimum absolute atomic E-state index is 0.0734. The molecular weight excluding hydrogens is 404 g/mol. The first-order chi connectivity index (χ1) is 12.4. The zero-order valence-corrected chi connectivity index (χ0v) is 14.1. The number of hydrogen-bond acceptors (Lipinski definition) is 5. The normalized spacial score (nSPS) is 12.0. The third-order valence-electron chi connectivity index (χ3n) is 3.27. The molecule has 2 rings (SSSR count). The maximum Gasteiger partial charge on any atom is 0.417 e. The number of nitrogens with zero attached hydrogens (tertiary/aromatic N) is 2. The van der Waals surface area contributed by atoms with Gasteiger partial charge in [-0.2, -0.15) is 31.3 Å². The molecule has 1 aromatic heterocycles. The minimum atomic E-state index is -5.16. The molecule has 0 saturated heterocycles. The lowest BCUT2D eigenvalue weighted by molar-refractivity contribution is -0.143. The summed E-state index contributed by atoms with van der Waals surface area (Å²) in [4.78, 5) is 19.5. The van der Waals surface area contributed by atoms with Gasteiger partial charge in [-0.3, -0.25) is 4.79 Å². The maximum absolute atomic E-state index is 13.1. The number of carbonyl (C=O) groups excluding carboxylic acids is 1. The molecule has 27 heavy (non-hydrogen) atoms. The highest BCUT2D eigenvalue weighted by Gasteiger charge is 2.39. The molecule has 0 aliphatic carbocycles. The Kier molecular flexibility index (Phi) is 5.83. The van der Waals surface area contributed by atoms with E-state index in [9.17, 15) is 31.1 Å². The van der Waals surface area contributed by atoms with Crippen molar-refractivity contribution in [2.24, 2.45) is 0 Å². The molecule has 1 heterocycles. The van der Waals surface area contributed by atoms with Crippen LogP contribution in [0.5, 0.6) is 5.75 Å². The van der Waals surface area contributed by atoms with Crippen molar-refractivity contribution >= 4 is 23.2 Å². The van der Waals surface area contributed by atoms with Gasteiger partial charge in [0.1, 0.15) is 0 Å². The second-order valence-electron chi connectivity index (χ2n) is 5.07. The fraction of sp³-hybridized carbons (Fsp3) is 0.267. The SMILES string of the molecule is CNc1nc(Cl)ncc1OCC(=O)c1ccc(C(F)(F)F)cc1C(F)(F)F. The fourth-order valence-corrected chi connectivity index (χ4v) is 2.19. The number of anilines is 1. The predicted octanol–water partition coefficient (Wildman–Crippen LogP) is 4.47. The highest BCUT2D eigenvalue weighted by Crippen LogP contribution is 2.37. The van der Waals surface area contributed by atoms with E-state index in [4.69, 9.17) is 16.3 Å². The van der Waals surface area contributed by atoms with E-state index in [2.05, 4.69) is 15.3 Å². The molecule has 1 aromatic carbocycles. The van der Waals surface area contributed by atoms with Gasteiger partial charge in [0.05, 0.1) is 17.3 Å². The number of halogens is 7. The number of carbonyl (C=O) groups is 1. The van der Waals surface area contributed by atoms with E-state index in [1.807, 2.05) is 0 Å². The lowest BCUT2D eigenvalue weighted by Crippen LogP contribution is -2.20. The smallest absolute Gasteiger partial charge is 0.417 e. The first-order valence-electron chi connectivity index (χ1n) is 7.08. The van der Waals surface area contributed by atoms with Gasteiger partial charge in [-0.05, 0) is 23.7 Å². The summed E-state index contributed by atoms with van der Waals surface area (Å²) in [5.41, 5.74) is -4.17. The Labute approximate surface area is 153 Å². The number of Topliss-reactive ketones (excluding diaryl/α,β-unsaturated/α-hetero) is 1. The molecule has 0 atom stereocenters. The first kappa shape index (κ1) is 20.7. The summed E-state index contributed by atoms with van der Waals surface area (Å²) >= 11 is 5.58. The Balaban J connectivity index is 2.31. The second kappa shape index (κ2) is 7.59. The highest BCUT2D eigenvalue weighted by atomic mass is 35.5. The topological polar surface area (TPSA) is 64.1 Å². The number of ether oxygens (including phenoxy) is 1. The number of nitrogens with one attached hydrogen (secondary N) is 1. The third kappa shape index (κ3) is 5.00. The number of rotatable bonds is 5. The molecule has 2 aromatic rings. The quantitative estimate of drug-likeness (QED) is 0.445. The Morgan fingerprint density at radius 3 is 2.41 bits per heavy atom. The largest absolute Gasteiger partial charge is 0.480 e. The summed E-state index contributed by atoms with van der Waals surface area (Å²) < 4.78 is 82.4. The van der Waals surface area contributed by atoms with Crippen LogP contribution in [0.3, 0.4) is 0 Å². The Morgan fingerprint density at radius 1 is 1.19 bits per heavy atom. The Bertz CT molecular complexity index is 854. The molecule has 0 aliphatic heterocycles. The standard InChI is InChI=1S/C15H10ClF6N3O2/c1-23-12-11(5-24-13(16)25-12)27-6-10(26)8-3-2-7(14(17,18)19)4-9(8)15(20,21)22/h2-5H,6H2,1H3,(H,23,24,25). The van der Waals surface area contributed by atoms with Gasteiger partial charge in [-0.25, -0.2) is 4.98 Å². The van der Waals surface area contributed by atoms with Crippen LogP contribution in [0.2, 0.25) is 5.28 Å². The van der Waals surface area contributed by atoms with Crippen LogP contribution >= 0.6 is 11.6 Å². The van der Waals surface area contributed by atoms with E-state index in [-0.39, 0.29) is 22.9 Å². The van der Waals surface area contributed by atoms with Crippen LogP contribution in [0.15, 0.2) is 24.4 Å². The van der Waals surface area contributed by atoms with Crippen molar-refractivity contribution < 1.29 is 35.9 Å². The Hall–Kier alpha value is -2.56. The molecule has 0 amide bonds. The Morgan fingerprint density at radius 2 is 1.85 bits per heavy atom. The van der Waals surface area contributed by atoms with E-state index in [1.165, 1.54) is 7.05 Å². The molecule has 0 aliphatic rings. The van der Waals surface area contributed by atoms with Crippen LogP contribution in [0.25, 0.3) is 0 Å². The summed E-state index contributed by atoms with van der Waals surface area (Å²) in [6.07, 6.45) is -9.06. The highest BCUT2D eigenvalue weighted by molar-refractivity contribution is 6.28. The molecule has 0 bridgehead atoms. The van der Waals surface area contributed by atoms with Crippen LogP contribution in [0.1, 0.15) is 21.5 Å². The first-order valence-corrected chi connectivity index (χ1v) is 7.46. The second-order valence-corrected chi connectivity index (χ2v) is 5.41. The molecule has 0 radical (unpaired) electrons. The molecule has 0 saturated carbocycles. The van der Waals surface area contributed by atoms with Crippen molar-refractivity contribution in [3.05, 3.63) is 46.4 Å². The maximum atomic E-state index is 13.1. The van der Waals surface area contributed by atoms with Gasteiger partial charge in [0.25, 0.3) is 0 Å². The number of alkyl halides is 6. The van der Waals surface area contributed by atoms with Crippen LogP contribution in [0.4, 0.5) is 32.2 Å². The summed E-state index contributed by atoms with van der Waals surface area (Å²) in [5, 5.41) is 2.44. The zero-order chi connectivity index (χ0) is 20.4. The van der Waals surface area contributed by atoms with Gasteiger partial charge >= 0.3 is 12.4 Å². The van der Waals surface area contributed by atoms with E-state index in [0.29, 0.717) is 12.1 Å². The zero-order valence-electron chi connectivity index (χ0n) is 13.4. The average Bonchev–Trinajstić information content (AvgIpc) is 2.58. The monoisotopic (exact) mass is 413 g/mol.